The van der Waals surface area contributed by atoms with Crippen molar-refractivity contribution in [3.8, 4) is 0 Å². The summed E-state index contributed by atoms with van der Waals surface area (Å²) in [7, 11) is 1.92. The normalized spacial score (nSPS) is 14.1. The SMILES string of the molecule is Cc1nnc(N(C)C(C)C(C)(C)O)s1. The molecule has 80 valence electrons. The summed E-state index contributed by atoms with van der Waals surface area (Å²) >= 11 is 1.53. The number of rotatable bonds is 3. The van der Waals surface area contributed by atoms with Crippen LogP contribution in [-0.4, -0.2) is 34.0 Å². The van der Waals surface area contributed by atoms with Gasteiger partial charge in [-0.3, -0.25) is 0 Å². The van der Waals surface area contributed by atoms with Crippen LogP contribution in [0.3, 0.4) is 0 Å². The lowest BCUT2D eigenvalue weighted by atomic mass is 10.0. The summed E-state index contributed by atoms with van der Waals surface area (Å²) in [6.07, 6.45) is 0. The highest BCUT2D eigenvalue weighted by Crippen LogP contribution is 2.24. The van der Waals surface area contributed by atoms with Crippen molar-refractivity contribution in [1.29, 1.82) is 0 Å². The second-order valence-corrected chi connectivity index (χ2v) is 5.20. The van der Waals surface area contributed by atoms with Gasteiger partial charge in [0.2, 0.25) is 5.13 Å². The Labute approximate surface area is 88.6 Å². The number of aliphatic hydroxyl groups is 1. The van der Waals surface area contributed by atoms with E-state index in [1.54, 1.807) is 13.8 Å². The molecule has 1 aromatic rings. The van der Waals surface area contributed by atoms with Crippen molar-refractivity contribution in [1.82, 2.24) is 10.2 Å². The zero-order chi connectivity index (χ0) is 10.9. The molecule has 4 nitrogen and oxygen atoms in total. The Balaban J connectivity index is 2.80. The first-order chi connectivity index (χ1) is 6.32. The van der Waals surface area contributed by atoms with E-state index in [-0.39, 0.29) is 6.04 Å². The van der Waals surface area contributed by atoms with Crippen molar-refractivity contribution in [3.05, 3.63) is 5.01 Å². The first-order valence-corrected chi connectivity index (χ1v) is 5.39. The molecule has 14 heavy (non-hydrogen) atoms. The van der Waals surface area contributed by atoms with Crippen molar-refractivity contribution < 1.29 is 5.11 Å². The number of nitrogens with zero attached hydrogens (tertiary/aromatic N) is 3. The van der Waals surface area contributed by atoms with Gasteiger partial charge in [-0.1, -0.05) is 11.3 Å². The highest BCUT2D eigenvalue weighted by atomic mass is 32.1. The van der Waals surface area contributed by atoms with Crippen LogP contribution in [0.25, 0.3) is 0 Å². The molecule has 0 aliphatic carbocycles. The molecule has 0 saturated heterocycles. The van der Waals surface area contributed by atoms with E-state index in [1.165, 1.54) is 11.3 Å². The standard InChI is InChI=1S/C9H17N3OS/c1-6(9(3,4)13)12(5)8-11-10-7(2)14-8/h6,13H,1-5H3. The van der Waals surface area contributed by atoms with Crippen LogP contribution in [0, 0.1) is 6.92 Å². The predicted molar refractivity (Wildman–Crippen MR) is 58.8 cm³/mol. The summed E-state index contributed by atoms with van der Waals surface area (Å²) in [6.45, 7) is 7.48. The van der Waals surface area contributed by atoms with Gasteiger partial charge in [0.05, 0.1) is 11.6 Å². The average molecular weight is 215 g/mol. The quantitative estimate of drug-likeness (QED) is 0.829. The smallest absolute Gasteiger partial charge is 0.208 e. The van der Waals surface area contributed by atoms with Gasteiger partial charge in [-0.25, -0.2) is 0 Å². The first-order valence-electron chi connectivity index (χ1n) is 4.57. The van der Waals surface area contributed by atoms with Crippen LogP contribution < -0.4 is 4.90 Å². The third kappa shape index (κ3) is 2.42. The number of anilines is 1. The monoisotopic (exact) mass is 215 g/mol. The largest absolute Gasteiger partial charge is 0.388 e. The van der Waals surface area contributed by atoms with E-state index in [0.29, 0.717) is 0 Å². The molecule has 1 atom stereocenters. The molecule has 1 unspecified atom stereocenters. The number of aryl methyl sites for hydroxylation is 1. The van der Waals surface area contributed by atoms with Gasteiger partial charge in [-0.05, 0) is 27.7 Å². The molecule has 1 aromatic heterocycles. The molecule has 0 spiro atoms. The highest BCUT2D eigenvalue weighted by Gasteiger charge is 2.27. The van der Waals surface area contributed by atoms with Crippen molar-refractivity contribution in [2.75, 3.05) is 11.9 Å². The lowest BCUT2D eigenvalue weighted by molar-refractivity contribution is 0.0565. The fourth-order valence-corrected chi connectivity index (χ4v) is 1.80. The molecule has 0 radical (unpaired) electrons. The minimum atomic E-state index is -0.742. The van der Waals surface area contributed by atoms with Gasteiger partial charge >= 0.3 is 0 Å². The Bertz CT molecular complexity index is 305. The van der Waals surface area contributed by atoms with Gasteiger partial charge in [0.15, 0.2) is 0 Å². The fourth-order valence-electron chi connectivity index (χ4n) is 1.07. The van der Waals surface area contributed by atoms with Crippen LogP contribution in [0.5, 0.6) is 0 Å². The van der Waals surface area contributed by atoms with E-state index in [2.05, 4.69) is 10.2 Å². The van der Waals surface area contributed by atoms with Gasteiger partial charge in [0.1, 0.15) is 5.01 Å². The molecule has 1 rings (SSSR count). The van der Waals surface area contributed by atoms with Crippen molar-refractivity contribution in [2.45, 2.75) is 39.3 Å². The Morgan fingerprint density at radius 1 is 1.43 bits per heavy atom. The zero-order valence-electron chi connectivity index (χ0n) is 9.27. The molecule has 0 fully saturated rings. The Kier molecular flexibility index (Phi) is 3.11. The topological polar surface area (TPSA) is 49.2 Å². The summed E-state index contributed by atoms with van der Waals surface area (Å²) in [5.41, 5.74) is -0.742. The van der Waals surface area contributed by atoms with Crippen LogP contribution in [0.2, 0.25) is 0 Å². The maximum absolute atomic E-state index is 9.84. The third-order valence-corrected chi connectivity index (χ3v) is 3.35. The molecule has 1 N–H and O–H groups in total. The average Bonchev–Trinajstić information content (AvgIpc) is 2.47. The van der Waals surface area contributed by atoms with E-state index < -0.39 is 5.60 Å². The van der Waals surface area contributed by atoms with E-state index in [1.807, 2.05) is 25.8 Å². The molecule has 0 amide bonds. The van der Waals surface area contributed by atoms with E-state index in [4.69, 9.17) is 0 Å². The van der Waals surface area contributed by atoms with Crippen molar-refractivity contribution >= 4 is 16.5 Å². The molecule has 0 aliphatic rings. The van der Waals surface area contributed by atoms with Crippen LogP contribution in [0.1, 0.15) is 25.8 Å². The van der Waals surface area contributed by atoms with Crippen LogP contribution in [-0.2, 0) is 0 Å². The van der Waals surface area contributed by atoms with E-state index >= 15 is 0 Å². The number of hydrogen-bond donors (Lipinski definition) is 1. The second-order valence-electron chi connectivity index (χ2n) is 4.04. The Morgan fingerprint density at radius 2 is 2.00 bits per heavy atom. The van der Waals surface area contributed by atoms with Crippen molar-refractivity contribution in [3.63, 3.8) is 0 Å². The maximum atomic E-state index is 9.84. The van der Waals surface area contributed by atoms with Crippen LogP contribution in [0.15, 0.2) is 0 Å². The third-order valence-electron chi connectivity index (χ3n) is 2.42. The summed E-state index contributed by atoms with van der Waals surface area (Å²) in [6, 6.07) is 0.00912. The molecule has 0 bridgehead atoms. The highest BCUT2D eigenvalue weighted by molar-refractivity contribution is 7.15. The Morgan fingerprint density at radius 3 is 2.36 bits per heavy atom. The molecule has 0 aromatic carbocycles. The summed E-state index contributed by atoms with van der Waals surface area (Å²) in [4.78, 5) is 1.95. The van der Waals surface area contributed by atoms with Gasteiger partial charge in [0, 0.05) is 7.05 Å². The lowest BCUT2D eigenvalue weighted by Crippen LogP contribution is -2.45. The molecule has 1 heterocycles. The molecule has 5 heteroatoms. The van der Waals surface area contributed by atoms with E-state index in [0.717, 1.165) is 10.1 Å². The van der Waals surface area contributed by atoms with Crippen LogP contribution in [0.4, 0.5) is 5.13 Å². The molecular weight excluding hydrogens is 198 g/mol. The maximum Gasteiger partial charge on any atom is 0.208 e. The van der Waals surface area contributed by atoms with Gasteiger partial charge in [0.25, 0.3) is 0 Å². The lowest BCUT2D eigenvalue weighted by Gasteiger charge is -2.33. The minimum Gasteiger partial charge on any atom is -0.388 e. The van der Waals surface area contributed by atoms with Crippen LogP contribution >= 0.6 is 11.3 Å². The molecule has 0 saturated carbocycles. The number of hydrogen-bond acceptors (Lipinski definition) is 5. The summed E-state index contributed by atoms with van der Waals surface area (Å²) < 4.78 is 0. The second kappa shape index (κ2) is 3.82. The van der Waals surface area contributed by atoms with Gasteiger partial charge < -0.3 is 10.0 Å². The predicted octanol–water partition coefficient (Wildman–Crippen LogP) is 1.44. The minimum absolute atomic E-state index is 0.00912. The zero-order valence-corrected chi connectivity index (χ0v) is 10.1. The molecule has 0 aliphatic heterocycles. The van der Waals surface area contributed by atoms with Crippen molar-refractivity contribution in [2.24, 2.45) is 0 Å². The summed E-state index contributed by atoms with van der Waals surface area (Å²) in [5.74, 6) is 0. The fraction of sp³-hybridized carbons (Fsp3) is 0.778. The van der Waals surface area contributed by atoms with Gasteiger partial charge in [-0.15, -0.1) is 10.2 Å². The number of aromatic nitrogens is 2. The molecular formula is C9H17N3OS. The number of likely N-dealkylation sites (N-methyl/N-ethyl adjacent to an activating group) is 1. The van der Waals surface area contributed by atoms with Gasteiger partial charge in [-0.2, -0.15) is 0 Å². The summed E-state index contributed by atoms with van der Waals surface area (Å²) in [5, 5.41) is 19.6. The first kappa shape index (κ1) is 11.4. The Hall–Kier alpha value is -0.680. The van der Waals surface area contributed by atoms with E-state index in [9.17, 15) is 5.11 Å².